The van der Waals surface area contributed by atoms with Crippen molar-refractivity contribution in [2.24, 2.45) is 0 Å². The van der Waals surface area contributed by atoms with Crippen LogP contribution >= 0.6 is 0 Å². The maximum absolute atomic E-state index is 5.59. The first kappa shape index (κ1) is 15.3. The molecule has 4 heteroatoms. The summed E-state index contributed by atoms with van der Waals surface area (Å²) in [6.07, 6.45) is 1.81. The summed E-state index contributed by atoms with van der Waals surface area (Å²) < 4.78 is 11.1. The lowest BCUT2D eigenvalue weighted by Gasteiger charge is -2.17. The van der Waals surface area contributed by atoms with Gasteiger partial charge in [-0.1, -0.05) is 18.2 Å². The van der Waals surface area contributed by atoms with Gasteiger partial charge in [-0.3, -0.25) is 4.98 Å². The molecule has 0 spiro atoms. The van der Waals surface area contributed by atoms with Gasteiger partial charge in [0, 0.05) is 24.3 Å². The minimum atomic E-state index is 0.173. The van der Waals surface area contributed by atoms with Crippen LogP contribution in [-0.2, 0) is 6.54 Å². The van der Waals surface area contributed by atoms with Gasteiger partial charge in [-0.2, -0.15) is 0 Å². The second kappa shape index (κ2) is 7.64. The van der Waals surface area contributed by atoms with Crippen LogP contribution in [0.1, 0.15) is 31.1 Å². The van der Waals surface area contributed by atoms with Crippen LogP contribution in [0.15, 0.2) is 42.6 Å². The minimum Gasteiger partial charge on any atom is -0.493 e. The topological polar surface area (TPSA) is 43.4 Å². The lowest BCUT2D eigenvalue weighted by molar-refractivity contribution is 0.308. The van der Waals surface area contributed by atoms with Crippen LogP contribution in [0.5, 0.6) is 11.5 Å². The van der Waals surface area contributed by atoms with E-state index in [0.29, 0.717) is 13.2 Å². The third-order valence-electron chi connectivity index (χ3n) is 3.29. The molecule has 1 aromatic heterocycles. The number of nitrogens with zero attached hydrogens (tertiary/aromatic N) is 1. The van der Waals surface area contributed by atoms with Gasteiger partial charge in [0.2, 0.25) is 0 Å². The molecular formula is C17H22N2O2. The maximum Gasteiger partial charge on any atom is 0.165 e. The normalized spacial score (nSPS) is 12.0. The minimum absolute atomic E-state index is 0.173. The Morgan fingerprint density at radius 3 is 2.71 bits per heavy atom. The summed E-state index contributed by atoms with van der Waals surface area (Å²) in [7, 11) is 1.67. The summed E-state index contributed by atoms with van der Waals surface area (Å²) >= 11 is 0. The summed E-state index contributed by atoms with van der Waals surface area (Å²) in [6, 6.07) is 12.1. The van der Waals surface area contributed by atoms with Crippen molar-refractivity contribution >= 4 is 0 Å². The fourth-order valence-corrected chi connectivity index (χ4v) is 2.20. The van der Waals surface area contributed by atoms with E-state index in [2.05, 4.69) is 17.2 Å². The summed E-state index contributed by atoms with van der Waals surface area (Å²) in [5.74, 6) is 1.57. The van der Waals surface area contributed by atoms with E-state index in [9.17, 15) is 0 Å². The quantitative estimate of drug-likeness (QED) is 0.847. The molecule has 2 rings (SSSR count). The molecule has 0 fully saturated rings. The molecule has 1 aromatic carbocycles. The summed E-state index contributed by atoms with van der Waals surface area (Å²) in [4.78, 5) is 4.36. The Morgan fingerprint density at radius 2 is 2.05 bits per heavy atom. The van der Waals surface area contributed by atoms with Crippen molar-refractivity contribution in [3.05, 3.63) is 53.9 Å². The number of para-hydroxylation sites is 1. The standard InChI is InChI=1S/C17H22N2O2/c1-4-21-16-10-7-8-14(17(16)20-3)12-19-13(2)15-9-5-6-11-18-15/h5-11,13,19H,4,12H2,1-3H3/t13-/m0/s1. The van der Waals surface area contributed by atoms with Crippen molar-refractivity contribution in [3.8, 4) is 11.5 Å². The van der Waals surface area contributed by atoms with Crippen molar-refractivity contribution in [1.29, 1.82) is 0 Å². The summed E-state index contributed by atoms with van der Waals surface area (Å²) in [5, 5.41) is 3.46. The van der Waals surface area contributed by atoms with Crippen LogP contribution in [0, 0.1) is 0 Å². The number of benzene rings is 1. The molecule has 0 bridgehead atoms. The maximum atomic E-state index is 5.59. The molecule has 1 atom stereocenters. The molecule has 0 saturated carbocycles. The second-order valence-electron chi connectivity index (χ2n) is 4.74. The highest BCUT2D eigenvalue weighted by Gasteiger charge is 2.11. The van der Waals surface area contributed by atoms with Crippen molar-refractivity contribution in [2.45, 2.75) is 26.4 Å². The van der Waals surface area contributed by atoms with Crippen molar-refractivity contribution in [3.63, 3.8) is 0 Å². The van der Waals surface area contributed by atoms with Crippen LogP contribution < -0.4 is 14.8 Å². The second-order valence-corrected chi connectivity index (χ2v) is 4.74. The molecular weight excluding hydrogens is 264 g/mol. The van der Waals surface area contributed by atoms with E-state index in [1.54, 1.807) is 7.11 Å². The van der Waals surface area contributed by atoms with E-state index in [1.165, 1.54) is 0 Å². The Balaban J connectivity index is 2.07. The predicted molar refractivity (Wildman–Crippen MR) is 83.7 cm³/mol. The van der Waals surface area contributed by atoms with E-state index < -0.39 is 0 Å². The molecule has 112 valence electrons. The molecule has 1 N–H and O–H groups in total. The number of ether oxygens (including phenoxy) is 2. The third-order valence-corrected chi connectivity index (χ3v) is 3.29. The molecule has 0 saturated heterocycles. The number of rotatable bonds is 7. The molecule has 1 heterocycles. The molecule has 0 unspecified atom stereocenters. The van der Waals surface area contributed by atoms with E-state index in [4.69, 9.17) is 9.47 Å². The Kier molecular flexibility index (Phi) is 5.58. The molecule has 4 nitrogen and oxygen atoms in total. The van der Waals surface area contributed by atoms with Gasteiger partial charge in [0.05, 0.1) is 19.4 Å². The Labute approximate surface area is 126 Å². The van der Waals surface area contributed by atoms with Gasteiger partial charge in [-0.15, -0.1) is 0 Å². The zero-order valence-electron chi connectivity index (χ0n) is 12.8. The van der Waals surface area contributed by atoms with E-state index >= 15 is 0 Å². The van der Waals surface area contributed by atoms with Gasteiger partial charge >= 0.3 is 0 Å². The zero-order valence-corrected chi connectivity index (χ0v) is 12.8. The third kappa shape index (κ3) is 3.95. The lowest BCUT2D eigenvalue weighted by atomic mass is 10.1. The number of hydrogen-bond donors (Lipinski definition) is 1. The van der Waals surface area contributed by atoms with Crippen LogP contribution in [0.3, 0.4) is 0 Å². The van der Waals surface area contributed by atoms with Gasteiger partial charge in [0.15, 0.2) is 11.5 Å². The fourth-order valence-electron chi connectivity index (χ4n) is 2.20. The van der Waals surface area contributed by atoms with Gasteiger partial charge in [-0.25, -0.2) is 0 Å². The molecule has 0 aliphatic carbocycles. The first-order valence-corrected chi connectivity index (χ1v) is 7.19. The highest BCUT2D eigenvalue weighted by molar-refractivity contribution is 5.46. The monoisotopic (exact) mass is 286 g/mol. The number of methoxy groups -OCH3 is 1. The zero-order chi connectivity index (χ0) is 15.1. The van der Waals surface area contributed by atoms with Gasteiger partial charge in [0.25, 0.3) is 0 Å². The van der Waals surface area contributed by atoms with Crippen LogP contribution in [0.4, 0.5) is 0 Å². The van der Waals surface area contributed by atoms with Gasteiger partial charge in [0.1, 0.15) is 0 Å². The van der Waals surface area contributed by atoms with Crippen LogP contribution in [0.2, 0.25) is 0 Å². The summed E-state index contributed by atoms with van der Waals surface area (Å²) in [5.41, 5.74) is 2.10. The molecule has 0 amide bonds. The van der Waals surface area contributed by atoms with Crippen molar-refractivity contribution in [2.75, 3.05) is 13.7 Å². The Hall–Kier alpha value is -2.07. The molecule has 0 aliphatic rings. The molecule has 0 radical (unpaired) electrons. The first-order valence-electron chi connectivity index (χ1n) is 7.19. The number of aromatic nitrogens is 1. The average Bonchev–Trinajstić information content (AvgIpc) is 2.54. The lowest BCUT2D eigenvalue weighted by Crippen LogP contribution is -2.19. The van der Waals surface area contributed by atoms with E-state index in [1.807, 2.05) is 49.5 Å². The van der Waals surface area contributed by atoms with E-state index in [0.717, 1.165) is 22.8 Å². The van der Waals surface area contributed by atoms with Gasteiger partial charge in [-0.05, 0) is 32.0 Å². The Bertz CT molecular complexity index is 558. The smallest absolute Gasteiger partial charge is 0.165 e. The van der Waals surface area contributed by atoms with Gasteiger partial charge < -0.3 is 14.8 Å². The van der Waals surface area contributed by atoms with Crippen LogP contribution in [-0.4, -0.2) is 18.7 Å². The number of nitrogens with one attached hydrogen (secondary N) is 1. The van der Waals surface area contributed by atoms with Crippen molar-refractivity contribution in [1.82, 2.24) is 10.3 Å². The number of pyridine rings is 1. The molecule has 0 aliphatic heterocycles. The van der Waals surface area contributed by atoms with Crippen molar-refractivity contribution < 1.29 is 9.47 Å². The van der Waals surface area contributed by atoms with E-state index in [-0.39, 0.29) is 6.04 Å². The summed E-state index contributed by atoms with van der Waals surface area (Å²) in [6.45, 7) is 5.38. The predicted octanol–water partition coefficient (Wildman–Crippen LogP) is 3.34. The first-order chi connectivity index (χ1) is 10.3. The Morgan fingerprint density at radius 1 is 1.19 bits per heavy atom. The largest absolute Gasteiger partial charge is 0.493 e. The average molecular weight is 286 g/mol. The SMILES string of the molecule is CCOc1cccc(CN[C@@H](C)c2ccccn2)c1OC. The van der Waals surface area contributed by atoms with Crippen LogP contribution in [0.25, 0.3) is 0 Å². The molecule has 21 heavy (non-hydrogen) atoms. The highest BCUT2D eigenvalue weighted by atomic mass is 16.5. The molecule has 2 aromatic rings. The fraction of sp³-hybridized carbons (Fsp3) is 0.353. The highest BCUT2D eigenvalue weighted by Crippen LogP contribution is 2.31. The number of hydrogen-bond acceptors (Lipinski definition) is 4.